The smallest absolute Gasteiger partial charge is 0.336 e. The second kappa shape index (κ2) is 7.20. The molecule has 0 saturated heterocycles. The lowest BCUT2D eigenvalue weighted by molar-refractivity contribution is 0.545. The van der Waals surface area contributed by atoms with Crippen molar-refractivity contribution in [1.82, 2.24) is 5.32 Å². The highest BCUT2D eigenvalue weighted by Crippen LogP contribution is 2.27. The molecule has 5 heteroatoms. The summed E-state index contributed by atoms with van der Waals surface area (Å²) >= 11 is 12.2. The first-order chi connectivity index (χ1) is 11.9. The van der Waals surface area contributed by atoms with Crippen LogP contribution in [-0.2, 0) is 6.54 Å². The van der Waals surface area contributed by atoms with Gasteiger partial charge in [-0.15, -0.1) is 0 Å². The Morgan fingerprint density at radius 2 is 1.88 bits per heavy atom. The van der Waals surface area contributed by atoms with Crippen LogP contribution in [0.2, 0.25) is 10.0 Å². The van der Waals surface area contributed by atoms with E-state index in [9.17, 15) is 4.79 Å². The number of fused-ring (bicyclic) bond motifs is 1. The molecular formula is C20H19Cl2NO2. The Bertz CT molecular complexity index is 995. The van der Waals surface area contributed by atoms with Crippen LogP contribution in [0.3, 0.4) is 0 Å². The zero-order valence-corrected chi connectivity index (χ0v) is 15.8. The number of aryl methyl sites for hydroxylation is 2. The number of halogens is 2. The Hall–Kier alpha value is -1.81. The topological polar surface area (TPSA) is 42.2 Å². The van der Waals surface area contributed by atoms with Crippen LogP contribution in [0.1, 0.15) is 35.2 Å². The van der Waals surface area contributed by atoms with E-state index in [0.29, 0.717) is 22.2 Å². The Morgan fingerprint density at radius 1 is 1.12 bits per heavy atom. The molecule has 1 atom stereocenters. The average Bonchev–Trinajstić information content (AvgIpc) is 2.56. The maximum atomic E-state index is 11.9. The molecule has 0 spiro atoms. The van der Waals surface area contributed by atoms with E-state index in [1.54, 1.807) is 12.1 Å². The average molecular weight is 376 g/mol. The molecule has 3 nitrogen and oxygen atoms in total. The van der Waals surface area contributed by atoms with E-state index in [-0.39, 0.29) is 11.7 Å². The van der Waals surface area contributed by atoms with Crippen molar-refractivity contribution in [3.05, 3.63) is 79.1 Å². The van der Waals surface area contributed by atoms with E-state index >= 15 is 0 Å². The molecule has 0 saturated carbocycles. The summed E-state index contributed by atoms with van der Waals surface area (Å²) in [4.78, 5) is 11.9. The zero-order valence-electron chi connectivity index (χ0n) is 14.3. The predicted molar refractivity (Wildman–Crippen MR) is 104 cm³/mol. The molecule has 0 unspecified atom stereocenters. The van der Waals surface area contributed by atoms with Crippen LogP contribution < -0.4 is 10.9 Å². The summed E-state index contributed by atoms with van der Waals surface area (Å²) in [7, 11) is 0. The number of rotatable bonds is 4. The van der Waals surface area contributed by atoms with Gasteiger partial charge in [-0.05, 0) is 55.2 Å². The normalized spacial score (nSPS) is 12.5. The van der Waals surface area contributed by atoms with Crippen molar-refractivity contribution in [2.24, 2.45) is 0 Å². The fraction of sp³-hybridized carbons (Fsp3) is 0.250. The van der Waals surface area contributed by atoms with Crippen molar-refractivity contribution in [2.45, 2.75) is 33.4 Å². The molecule has 0 aliphatic carbocycles. The van der Waals surface area contributed by atoms with Crippen molar-refractivity contribution in [2.75, 3.05) is 0 Å². The van der Waals surface area contributed by atoms with E-state index in [1.807, 2.05) is 45.0 Å². The Kier molecular flexibility index (Phi) is 5.19. The monoisotopic (exact) mass is 375 g/mol. The molecular weight excluding hydrogens is 357 g/mol. The molecule has 25 heavy (non-hydrogen) atoms. The highest BCUT2D eigenvalue weighted by atomic mass is 35.5. The number of hydrogen-bond acceptors (Lipinski definition) is 3. The second-order valence-electron chi connectivity index (χ2n) is 6.24. The number of hydrogen-bond donors (Lipinski definition) is 1. The van der Waals surface area contributed by atoms with E-state index in [2.05, 4.69) is 5.32 Å². The summed E-state index contributed by atoms with van der Waals surface area (Å²) in [6.07, 6.45) is 0. The second-order valence-corrected chi connectivity index (χ2v) is 7.09. The molecule has 2 aromatic carbocycles. The Balaban J connectivity index is 1.90. The van der Waals surface area contributed by atoms with Gasteiger partial charge in [0.25, 0.3) is 0 Å². The van der Waals surface area contributed by atoms with Gasteiger partial charge < -0.3 is 9.73 Å². The van der Waals surface area contributed by atoms with Gasteiger partial charge in [-0.2, -0.15) is 0 Å². The lowest BCUT2D eigenvalue weighted by atomic mass is 10.0. The third kappa shape index (κ3) is 3.74. The maximum Gasteiger partial charge on any atom is 0.336 e. The summed E-state index contributed by atoms with van der Waals surface area (Å²) in [6.45, 7) is 6.53. The van der Waals surface area contributed by atoms with Gasteiger partial charge in [-0.25, -0.2) is 4.79 Å². The fourth-order valence-corrected chi connectivity index (χ4v) is 3.47. The maximum absolute atomic E-state index is 11.9. The van der Waals surface area contributed by atoms with Crippen molar-refractivity contribution in [3.8, 4) is 0 Å². The van der Waals surface area contributed by atoms with E-state index in [4.69, 9.17) is 27.6 Å². The molecule has 130 valence electrons. The first-order valence-corrected chi connectivity index (χ1v) is 8.83. The minimum atomic E-state index is -0.338. The molecule has 0 aliphatic rings. The lowest BCUT2D eigenvalue weighted by Crippen LogP contribution is -2.19. The summed E-state index contributed by atoms with van der Waals surface area (Å²) in [5, 5.41) is 5.60. The molecule has 0 radical (unpaired) electrons. The number of benzene rings is 2. The summed E-state index contributed by atoms with van der Waals surface area (Å²) < 4.78 is 5.42. The molecule has 3 aromatic rings. The molecule has 1 heterocycles. The minimum Gasteiger partial charge on any atom is -0.422 e. The Labute approximate surface area is 156 Å². The van der Waals surface area contributed by atoms with Gasteiger partial charge in [0.05, 0.1) is 0 Å². The van der Waals surface area contributed by atoms with Gasteiger partial charge in [0.15, 0.2) is 0 Å². The van der Waals surface area contributed by atoms with Gasteiger partial charge in [-0.1, -0.05) is 41.4 Å². The zero-order chi connectivity index (χ0) is 18.1. The molecule has 0 amide bonds. The van der Waals surface area contributed by atoms with E-state index < -0.39 is 0 Å². The van der Waals surface area contributed by atoms with Crippen molar-refractivity contribution < 1.29 is 4.42 Å². The van der Waals surface area contributed by atoms with Crippen molar-refractivity contribution in [1.29, 1.82) is 0 Å². The highest BCUT2D eigenvalue weighted by molar-refractivity contribution is 6.35. The van der Waals surface area contributed by atoms with Crippen LogP contribution >= 0.6 is 23.2 Å². The van der Waals surface area contributed by atoms with Crippen LogP contribution in [0.5, 0.6) is 0 Å². The third-order valence-corrected chi connectivity index (χ3v) is 5.11. The van der Waals surface area contributed by atoms with Gasteiger partial charge in [0.2, 0.25) is 0 Å². The van der Waals surface area contributed by atoms with Crippen molar-refractivity contribution >= 4 is 34.2 Å². The molecule has 0 aliphatic heterocycles. The highest BCUT2D eigenvalue weighted by Gasteiger charge is 2.13. The lowest BCUT2D eigenvalue weighted by Gasteiger charge is -2.17. The first-order valence-electron chi connectivity index (χ1n) is 8.08. The van der Waals surface area contributed by atoms with Gasteiger partial charge in [0, 0.05) is 34.1 Å². The van der Waals surface area contributed by atoms with Gasteiger partial charge in [0.1, 0.15) is 5.58 Å². The summed E-state index contributed by atoms with van der Waals surface area (Å²) in [5.41, 5.74) is 4.28. The molecule has 3 rings (SSSR count). The van der Waals surface area contributed by atoms with Crippen LogP contribution in [0.4, 0.5) is 0 Å². The van der Waals surface area contributed by atoms with Crippen LogP contribution in [0.25, 0.3) is 11.0 Å². The summed E-state index contributed by atoms with van der Waals surface area (Å²) in [5.74, 6) is 0. The van der Waals surface area contributed by atoms with Crippen molar-refractivity contribution in [3.63, 3.8) is 0 Å². The van der Waals surface area contributed by atoms with E-state index in [1.165, 1.54) is 0 Å². The molecule has 1 aromatic heterocycles. The molecule has 1 N–H and O–H groups in total. The minimum absolute atomic E-state index is 0.0126. The largest absolute Gasteiger partial charge is 0.422 e. The van der Waals surface area contributed by atoms with Gasteiger partial charge in [-0.3, -0.25) is 0 Å². The molecule has 0 bridgehead atoms. The summed E-state index contributed by atoms with van der Waals surface area (Å²) in [6, 6.07) is 11.1. The predicted octanol–water partition coefficient (Wildman–Crippen LogP) is 5.57. The van der Waals surface area contributed by atoms with Crippen LogP contribution in [-0.4, -0.2) is 0 Å². The third-order valence-electron chi connectivity index (χ3n) is 4.55. The fourth-order valence-electron chi connectivity index (χ4n) is 2.90. The van der Waals surface area contributed by atoms with Gasteiger partial charge >= 0.3 is 5.63 Å². The quantitative estimate of drug-likeness (QED) is 0.606. The standard InChI is InChI=1S/C20H19Cl2NO2/c1-11-4-6-17-14(8-19(24)25-20(17)12(11)2)10-23-13(3)16-7-5-15(21)9-18(16)22/h4-9,13,23H,10H2,1-3H3/t13-/m1/s1. The first kappa shape index (κ1) is 18.0. The van der Waals surface area contributed by atoms with Crippen LogP contribution in [0.15, 0.2) is 45.6 Å². The Morgan fingerprint density at radius 3 is 2.60 bits per heavy atom. The molecule has 0 fully saturated rings. The number of nitrogens with one attached hydrogen (secondary N) is 1. The van der Waals surface area contributed by atoms with Crippen LogP contribution in [0, 0.1) is 13.8 Å². The SMILES string of the molecule is Cc1ccc2c(CN[C@H](C)c3ccc(Cl)cc3Cl)cc(=O)oc2c1C. The van der Waals surface area contributed by atoms with E-state index in [0.717, 1.165) is 27.6 Å².